The molecule has 0 aromatic rings. The quantitative estimate of drug-likeness (QED) is 0.392. The second kappa shape index (κ2) is 5.97. The van der Waals surface area contributed by atoms with Gasteiger partial charge in [0.15, 0.2) is 0 Å². The van der Waals surface area contributed by atoms with E-state index in [2.05, 4.69) is 40.3 Å². The van der Waals surface area contributed by atoms with Crippen LogP contribution in [0.4, 0.5) is 0 Å². The van der Waals surface area contributed by atoms with Crippen LogP contribution in [0.15, 0.2) is 38.0 Å². The van der Waals surface area contributed by atoms with Crippen LogP contribution >= 0.6 is 5.15 Å². The first kappa shape index (κ1) is 11.4. The van der Waals surface area contributed by atoms with Crippen molar-refractivity contribution in [2.24, 2.45) is 0 Å². The molecule has 68 valence electrons. The van der Waals surface area contributed by atoms with Crippen LogP contribution < -0.4 is 0 Å². The molecule has 0 unspecified atom stereocenters. The average molecular weight is 352 g/mol. The molecule has 0 heterocycles. The van der Waals surface area contributed by atoms with E-state index in [1.54, 1.807) is 0 Å². The maximum atomic E-state index is 3.77. The topological polar surface area (TPSA) is 0 Å². The van der Waals surface area contributed by atoms with Gasteiger partial charge in [0.25, 0.3) is 0 Å². The Morgan fingerprint density at radius 1 is 0.909 bits per heavy atom. The fourth-order valence-electron chi connectivity index (χ4n) is 0.993. The Morgan fingerprint density at radius 2 is 1.18 bits per heavy atom. The third-order valence-electron chi connectivity index (χ3n) is 1.48. The molecule has 2 heteroatoms. The molecule has 0 fully saturated rings. The van der Waals surface area contributed by atoms with Crippen molar-refractivity contribution in [1.82, 2.24) is 0 Å². The predicted octanol–water partition coefficient (Wildman–Crippen LogP) is 2.76. The Hall–Kier alpha value is 0.390. The molecular weight excluding hydrogens is 336 g/mol. The van der Waals surface area contributed by atoms with E-state index < -0.39 is 5.15 Å². The predicted molar refractivity (Wildman–Crippen MR) is 53.5 cm³/mol. The van der Waals surface area contributed by atoms with Gasteiger partial charge in [0.2, 0.25) is 0 Å². The zero-order chi connectivity index (χ0) is 8.74. The molecule has 0 aromatic heterocycles. The second-order valence-corrected chi connectivity index (χ2v) is 12.8. The summed E-state index contributed by atoms with van der Waals surface area (Å²) in [7, 11) is 0. The van der Waals surface area contributed by atoms with Gasteiger partial charge in [-0.2, -0.15) is 0 Å². The third-order valence-corrected chi connectivity index (χ3v) is 8.43. The van der Waals surface area contributed by atoms with Crippen molar-refractivity contribution >= 4 is 5.15 Å². The molecule has 0 radical (unpaired) electrons. The van der Waals surface area contributed by atoms with Gasteiger partial charge in [-0.15, -0.1) is 0 Å². The Labute approximate surface area is 82.1 Å². The summed E-state index contributed by atoms with van der Waals surface area (Å²) in [5, 5.41) is -1.16. The van der Waals surface area contributed by atoms with Crippen molar-refractivity contribution < 1.29 is 20.5 Å². The van der Waals surface area contributed by atoms with Crippen molar-refractivity contribution in [1.29, 1.82) is 0 Å². The van der Waals surface area contributed by atoms with Gasteiger partial charge in [-0.25, -0.2) is 0 Å². The molecule has 0 aliphatic carbocycles. The molecular formula is C9H16AuP. The molecule has 0 amide bonds. The van der Waals surface area contributed by atoms with Gasteiger partial charge in [0.1, 0.15) is 0 Å². The van der Waals surface area contributed by atoms with Crippen molar-refractivity contribution in [2.45, 2.75) is 0 Å². The van der Waals surface area contributed by atoms with Crippen molar-refractivity contribution in [3.8, 4) is 0 Å². The van der Waals surface area contributed by atoms with Crippen LogP contribution in [0.3, 0.4) is 0 Å². The van der Waals surface area contributed by atoms with Crippen LogP contribution in [0.2, 0.25) is 0 Å². The van der Waals surface area contributed by atoms with E-state index >= 15 is 0 Å². The average Bonchev–Trinajstić information content (AvgIpc) is 1.88. The van der Waals surface area contributed by atoms with Crippen LogP contribution in [0.1, 0.15) is 0 Å². The van der Waals surface area contributed by atoms with Crippen molar-refractivity contribution in [3.63, 3.8) is 0 Å². The molecule has 0 aliphatic heterocycles. The molecule has 0 aliphatic rings. The van der Waals surface area contributed by atoms with Crippen molar-refractivity contribution in [2.75, 3.05) is 18.5 Å². The second-order valence-electron chi connectivity index (χ2n) is 2.55. The Morgan fingerprint density at radius 3 is 1.36 bits per heavy atom. The van der Waals surface area contributed by atoms with E-state index in [0.717, 1.165) is 18.5 Å². The minimum absolute atomic E-state index is 1.15. The summed E-state index contributed by atoms with van der Waals surface area (Å²) < 4.78 is 0. The van der Waals surface area contributed by atoms with Gasteiger partial charge < -0.3 is 0 Å². The fraction of sp³-hybridized carbons (Fsp3) is 0.333. The summed E-state index contributed by atoms with van der Waals surface area (Å²) in [6, 6.07) is 0. The number of hydrogen-bond acceptors (Lipinski definition) is 0. The Bertz CT molecular complexity index is 125. The summed E-state index contributed by atoms with van der Waals surface area (Å²) in [6.07, 6.45) is 9.48. The summed E-state index contributed by atoms with van der Waals surface area (Å²) >= 11 is 2.79. The summed E-state index contributed by atoms with van der Waals surface area (Å²) in [4.78, 5) is 0. The first-order chi connectivity index (χ1) is 5.18. The number of hydrogen-bond donors (Lipinski definition) is 0. The Kier molecular flexibility index (Phi) is 6.18. The SMILES string of the molecule is C=CC[PH]([Au])(CC=C)CC=C. The van der Waals surface area contributed by atoms with Crippen LogP contribution in [-0.4, -0.2) is 18.5 Å². The van der Waals surface area contributed by atoms with E-state index in [-0.39, 0.29) is 0 Å². The number of rotatable bonds is 6. The summed E-state index contributed by atoms with van der Waals surface area (Å²) in [5.41, 5.74) is 0. The third kappa shape index (κ3) is 4.76. The zero-order valence-electron chi connectivity index (χ0n) is 6.78. The van der Waals surface area contributed by atoms with E-state index in [1.807, 2.05) is 18.2 Å². The summed E-state index contributed by atoms with van der Waals surface area (Å²) in [5.74, 6) is 0. The van der Waals surface area contributed by atoms with Gasteiger partial charge in [0, 0.05) is 0 Å². The van der Waals surface area contributed by atoms with E-state index in [4.69, 9.17) is 0 Å². The van der Waals surface area contributed by atoms with Gasteiger partial charge >= 0.3 is 82.1 Å². The van der Waals surface area contributed by atoms with Gasteiger partial charge in [-0.1, -0.05) is 0 Å². The zero-order valence-corrected chi connectivity index (χ0v) is 9.94. The van der Waals surface area contributed by atoms with Gasteiger partial charge in [-0.05, 0) is 0 Å². The molecule has 0 bridgehead atoms. The van der Waals surface area contributed by atoms with Crippen LogP contribution in [-0.2, 0) is 20.5 Å². The Balaban J connectivity index is 4.09. The van der Waals surface area contributed by atoms with Crippen LogP contribution in [0, 0.1) is 0 Å². The monoisotopic (exact) mass is 352 g/mol. The van der Waals surface area contributed by atoms with E-state index in [1.165, 1.54) is 0 Å². The molecule has 0 aromatic carbocycles. The minimum atomic E-state index is -1.16. The van der Waals surface area contributed by atoms with E-state index in [9.17, 15) is 0 Å². The van der Waals surface area contributed by atoms with Crippen LogP contribution in [0.5, 0.6) is 0 Å². The van der Waals surface area contributed by atoms with Crippen molar-refractivity contribution in [3.05, 3.63) is 38.0 Å². The number of allylic oxidation sites excluding steroid dienone is 3. The first-order valence-corrected chi connectivity index (χ1v) is 9.33. The molecule has 0 N–H and O–H groups in total. The van der Waals surface area contributed by atoms with Gasteiger partial charge in [-0.3, -0.25) is 0 Å². The normalized spacial score (nSPS) is 12.2. The molecule has 0 nitrogen and oxygen atoms in total. The molecule has 0 saturated carbocycles. The van der Waals surface area contributed by atoms with E-state index in [0.29, 0.717) is 0 Å². The summed E-state index contributed by atoms with van der Waals surface area (Å²) in [6.45, 7) is 11.3. The molecule has 0 spiro atoms. The fourth-order valence-corrected chi connectivity index (χ4v) is 5.79. The van der Waals surface area contributed by atoms with Gasteiger partial charge in [0.05, 0.1) is 0 Å². The van der Waals surface area contributed by atoms with Crippen LogP contribution in [0.25, 0.3) is 0 Å². The molecule has 0 saturated heterocycles. The maximum absolute atomic E-state index is 3.77. The standard InChI is InChI=1S/C9H15P.Au/c1-4-7-10(8-5-2)9-6-3;/h4-6H,1-3,7-9H2;/q;-1/p+1. The molecule has 0 rings (SSSR count). The molecule has 0 atom stereocenters. The molecule has 11 heavy (non-hydrogen) atoms. The first-order valence-electron chi connectivity index (χ1n) is 3.66.